The molecule has 0 spiro atoms. The summed E-state index contributed by atoms with van der Waals surface area (Å²) >= 11 is 0. The van der Waals surface area contributed by atoms with E-state index in [4.69, 9.17) is 19.1 Å². The van der Waals surface area contributed by atoms with Gasteiger partial charge in [-0.15, -0.1) is 0 Å². The lowest BCUT2D eigenvalue weighted by Gasteiger charge is -2.20. The summed E-state index contributed by atoms with van der Waals surface area (Å²) < 4.78 is 32.6. The number of hydrogen-bond acceptors (Lipinski definition) is 9. The van der Waals surface area contributed by atoms with Gasteiger partial charge in [-0.3, -0.25) is 18.6 Å². The molecule has 0 bridgehead atoms. The molecule has 300 valence electrons. The molecule has 0 rings (SSSR count). The van der Waals surface area contributed by atoms with E-state index in [2.05, 4.69) is 42.7 Å². The molecule has 0 aliphatic rings. The first-order chi connectivity index (χ1) is 24.7. The fourth-order valence-electron chi connectivity index (χ4n) is 5.42. The molecule has 0 aromatic carbocycles. The Balaban J connectivity index is 4.34. The van der Waals surface area contributed by atoms with E-state index in [1.54, 1.807) is 0 Å². The smallest absolute Gasteiger partial charge is 0.462 e. The van der Waals surface area contributed by atoms with Crippen molar-refractivity contribution < 1.29 is 47.8 Å². The van der Waals surface area contributed by atoms with Crippen LogP contribution in [0, 0.1) is 0 Å². The lowest BCUT2D eigenvalue weighted by Crippen LogP contribution is -2.29. The Labute approximate surface area is 310 Å². The van der Waals surface area contributed by atoms with Crippen molar-refractivity contribution in [1.29, 1.82) is 0 Å². The second kappa shape index (κ2) is 36.8. The van der Waals surface area contributed by atoms with Crippen LogP contribution in [0.25, 0.3) is 0 Å². The molecule has 10 nitrogen and oxygen atoms in total. The van der Waals surface area contributed by atoms with E-state index in [9.17, 15) is 24.2 Å². The van der Waals surface area contributed by atoms with Crippen LogP contribution in [0.5, 0.6) is 0 Å². The number of hydrogen-bond donors (Lipinski definition) is 3. The molecule has 3 atom stereocenters. The van der Waals surface area contributed by atoms with Crippen molar-refractivity contribution in [3.63, 3.8) is 0 Å². The molecule has 0 aromatic rings. The topological polar surface area (TPSA) is 149 Å². The maximum Gasteiger partial charge on any atom is 0.472 e. The largest absolute Gasteiger partial charge is 0.472 e. The van der Waals surface area contributed by atoms with Crippen molar-refractivity contribution in [2.45, 2.75) is 193 Å². The number of phosphoric ester groups is 1. The number of esters is 2. The highest BCUT2D eigenvalue weighted by Crippen LogP contribution is 2.43. The summed E-state index contributed by atoms with van der Waals surface area (Å²) in [4.78, 5) is 34.9. The summed E-state index contributed by atoms with van der Waals surface area (Å²) in [7, 11) is -4.61. The molecule has 0 amide bonds. The molecule has 0 aliphatic carbocycles. The van der Waals surface area contributed by atoms with Crippen molar-refractivity contribution in [2.24, 2.45) is 0 Å². The van der Waals surface area contributed by atoms with Crippen LogP contribution in [0.3, 0.4) is 0 Å². The quantitative estimate of drug-likeness (QED) is 0.0241. The van der Waals surface area contributed by atoms with Crippen LogP contribution in [0.4, 0.5) is 0 Å². The van der Waals surface area contributed by atoms with E-state index in [1.807, 2.05) is 0 Å². The average molecular weight is 747 g/mol. The molecule has 0 heterocycles. The molecule has 0 aromatic heterocycles. The third-order valence-corrected chi connectivity index (χ3v) is 9.56. The molecule has 3 N–H and O–H groups in total. The van der Waals surface area contributed by atoms with Crippen molar-refractivity contribution in [1.82, 2.24) is 0 Å². The van der Waals surface area contributed by atoms with Gasteiger partial charge in [-0.05, 0) is 38.5 Å². The Kier molecular flexibility index (Phi) is 35.7. The highest BCUT2D eigenvalue weighted by molar-refractivity contribution is 7.47. The van der Waals surface area contributed by atoms with Gasteiger partial charge < -0.3 is 24.6 Å². The number of phosphoric acid groups is 1. The monoisotopic (exact) mass is 747 g/mol. The highest BCUT2D eigenvalue weighted by Gasteiger charge is 2.27. The number of aliphatic hydroxyl groups excluding tert-OH is 2. The molecular formula is C40H75O10P. The third kappa shape index (κ3) is 36.6. The molecule has 0 saturated carbocycles. The minimum Gasteiger partial charge on any atom is -0.462 e. The average Bonchev–Trinajstić information content (AvgIpc) is 3.12. The number of allylic oxidation sites excluding steroid dienone is 4. The summed E-state index contributed by atoms with van der Waals surface area (Å²) in [5, 5.41) is 18.3. The zero-order valence-electron chi connectivity index (χ0n) is 32.3. The van der Waals surface area contributed by atoms with Gasteiger partial charge in [0.15, 0.2) is 6.10 Å². The van der Waals surface area contributed by atoms with Gasteiger partial charge in [-0.2, -0.15) is 0 Å². The Morgan fingerprint density at radius 2 is 1.04 bits per heavy atom. The first kappa shape index (κ1) is 49.5. The van der Waals surface area contributed by atoms with Gasteiger partial charge in [-0.1, -0.05) is 154 Å². The standard InChI is InChI=1S/C40H75O10P/c1-3-5-7-9-11-13-15-17-19-21-23-25-27-29-31-39(43)47-35-38(36-49-51(45,46)48-34-37(42)33-41)50-40(44)32-30-28-26-24-22-20-18-16-14-12-10-8-6-4-2/h10,12,16,18,37-38,41-42H,3-9,11,13-15,17,19-36H2,1-2H3,(H,45,46)/b12-10-,18-16-. The maximum absolute atomic E-state index is 12.6. The van der Waals surface area contributed by atoms with Crippen LogP contribution in [0.2, 0.25) is 0 Å². The van der Waals surface area contributed by atoms with Crippen LogP contribution in [0.15, 0.2) is 24.3 Å². The number of rotatable bonds is 38. The summed E-state index contributed by atoms with van der Waals surface area (Å²) in [5.74, 6) is -0.936. The fraction of sp³-hybridized carbons (Fsp3) is 0.850. The lowest BCUT2D eigenvalue weighted by atomic mass is 10.0. The fourth-order valence-corrected chi connectivity index (χ4v) is 6.21. The van der Waals surface area contributed by atoms with Crippen molar-refractivity contribution in [3.05, 3.63) is 24.3 Å². The van der Waals surface area contributed by atoms with Gasteiger partial charge in [0.25, 0.3) is 0 Å². The predicted octanol–water partition coefficient (Wildman–Crippen LogP) is 10.2. The van der Waals surface area contributed by atoms with E-state index in [-0.39, 0.29) is 19.4 Å². The van der Waals surface area contributed by atoms with Gasteiger partial charge in [-0.25, -0.2) is 4.57 Å². The summed E-state index contributed by atoms with van der Waals surface area (Å²) in [6.07, 6.45) is 34.3. The number of unbranched alkanes of at least 4 members (excludes halogenated alkanes) is 20. The van der Waals surface area contributed by atoms with Gasteiger partial charge in [0.1, 0.15) is 12.7 Å². The molecule has 51 heavy (non-hydrogen) atoms. The number of aliphatic hydroxyl groups is 2. The Morgan fingerprint density at radius 1 is 0.588 bits per heavy atom. The van der Waals surface area contributed by atoms with Crippen LogP contribution in [-0.2, 0) is 32.7 Å². The minimum atomic E-state index is -4.61. The molecular weight excluding hydrogens is 671 g/mol. The van der Waals surface area contributed by atoms with E-state index >= 15 is 0 Å². The normalized spacial score (nSPS) is 14.2. The second-order valence-electron chi connectivity index (χ2n) is 13.7. The van der Waals surface area contributed by atoms with Crippen molar-refractivity contribution in [3.8, 4) is 0 Å². The third-order valence-electron chi connectivity index (χ3n) is 8.61. The summed E-state index contributed by atoms with van der Waals surface area (Å²) in [5.41, 5.74) is 0. The van der Waals surface area contributed by atoms with E-state index in [1.165, 1.54) is 77.0 Å². The van der Waals surface area contributed by atoms with E-state index < -0.39 is 51.8 Å². The molecule has 3 unspecified atom stereocenters. The zero-order valence-corrected chi connectivity index (χ0v) is 33.2. The SMILES string of the molecule is CCCC/C=C\C/C=C\CCCCCCCC(=O)OC(COC(=O)CCCCCCCCCCCCCCCC)COP(=O)(O)OCC(O)CO. The van der Waals surface area contributed by atoms with Crippen molar-refractivity contribution >= 4 is 19.8 Å². The van der Waals surface area contributed by atoms with Crippen LogP contribution in [0.1, 0.15) is 181 Å². The Hall–Kier alpha value is -1.55. The highest BCUT2D eigenvalue weighted by atomic mass is 31.2. The number of carbonyl (C=O) groups excluding carboxylic acids is 2. The molecule has 11 heteroatoms. The number of ether oxygens (including phenoxy) is 2. The second-order valence-corrected chi connectivity index (χ2v) is 15.1. The van der Waals surface area contributed by atoms with Gasteiger partial charge in [0, 0.05) is 12.8 Å². The molecule has 0 aliphatic heterocycles. The summed E-state index contributed by atoms with van der Waals surface area (Å²) in [6.45, 7) is 2.32. The predicted molar refractivity (Wildman–Crippen MR) is 205 cm³/mol. The Morgan fingerprint density at radius 3 is 1.57 bits per heavy atom. The molecule has 0 fully saturated rings. The van der Waals surface area contributed by atoms with Gasteiger partial charge >= 0.3 is 19.8 Å². The van der Waals surface area contributed by atoms with E-state index in [0.717, 1.165) is 64.2 Å². The minimum absolute atomic E-state index is 0.170. The van der Waals surface area contributed by atoms with Crippen LogP contribution in [-0.4, -0.2) is 65.7 Å². The number of carbonyl (C=O) groups is 2. The Bertz CT molecular complexity index is 910. The molecule has 0 radical (unpaired) electrons. The maximum atomic E-state index is 12.6. The van der Waals surface area contributed by atoms with Gasteiger partial charge in [0.05, 0.1) is 19.8 Å². The van der Waals surface area contributed by atoms with Crippen molar-refractivity contribution in [2.75, 3.05) is 26.4 Å². The lowest BCUT2D eigenvalue weighted by molar-refractivity contribution is -0.161. The first-order valence-corrected chi connectivity index (χ1v) is 21.8. The first-order valence-electron chi connectivity index (χ1n) is 20.3. The zero-order chi connectivity index (χ0) is 37.7. The van der Waals surface area contributed by atoms with Crippen LogP contribution >= 0.6 is 7.82 Å². The summed E-state index contributed by atoms with van der Waals surface area (Å²) in [6, 6.07) is 0. The van der Waals surface area contributed by atoms with E-state index in [0.29, 0.717) is 12.8 Å². The van der Waals surface area contributed by atoms with Gasteiger partial charge in [0.2, 0.25) is 0 Å². The van der Waals surface area contributed by atoms with Crippen LogP contribution < -0.4 is 0 Å². The molecule has 0 saturated heterocycles.